The second kappa shape index (κ2) is 4.88. The van der Waals surface area contributed by atoms with Gasteiger partial charge >= 0.3 is 5.97 Å². The predicted molar refractivity (Wildman–Crippen MR) is 67.2 cm³/mol. The van der Waals surface area contributed by atoms with Gasteiger partial charge in [0.25, 0.3) is 0 Å². The van der Waals surface area contributed by atoms with E-state index in [0.29, 0.717) is 19.4 Å². The van der Waals surface area contributed by atoms with Crippen molar-refractivity contribution in [3.63, 3.8) is 0 Å². The third-order valence-corrected chi connectivity index (χ3v) is 4.33. The number of amides is 1. The highest BCUT2D eigenvalue weighted by atomic mass is 16.4. The quantitative estimate of drug-likeness (QED) is 0.740. The molecule has 1 saturated carbocycles. The van der Waals surface area contributed by atoms with Gasteiger partial charge in [0.15, 0.2) is 0 Å². The van der Waals surface area contributed by atoms with Crippen molar-refractivity contribution in [3.05, 3.63) is 0 Å². The Balaban J connectivity index is 2.14. The Labute approximate surface area is 108 Å². The number of likely N-dealkylation sites (N-methyl/N-ethyl adjacent to an activating group) is 1. The van der Waals surface area contributed by atoms with Gasteiger partial charge in [-0.15, -0.1) is 0 Å². The van der Waals surface area contributed by atoms with Gasteiger partial charge in [-0.25, -0.2) is 0 Å². The topological polar surface area (TPSA) is 60.9 Å². The minimum absolute atomic E-state index is 0.0989. The van der Waals surface area contributed by atoms with Crippen LogP contribution in [0.4, 0.5) is 0 Å². The highest BCUT2D eigenvalue weighted by molar-refractivity contribution is 6.03. The lowest BCUT2D eigenvalue weighted by Crippen LogP contribution is -2.55. The lowest BCUT2D eigenvalue weighted by Gasteiger charge is -2.41. The van der Waals surface area contributed by atoms with Gasteiger partial charge in [0.1, 0.15) is 5.41 Å². The van der Waals surface area contributed by atoms with Crippen molar-refractivity contribution in [2.24, 2.45) is 5.41 Å². The van der Waals surface area contributed by atoms with Gasteiger partial charge in [-0.1, -0.05) is 6.42 Å². The maximum absolute atomic E-state index is 12.5. The predicted octanol–water partition coefficient (Wildman–Crippen LogP) is 0.794. The van der Waals surface area contributed by atoms with Crippen LogP contribution in [-0.4, -0.2) is 59.5 Å². The van der Waals surface area contributed by atoms with Gasteiger partial charge < -0.3 is 14.9 Å². The standard InChI is InChI=1S/C13H22N2O3/c1-10-9-14(2)7-4-8-15(10)11(16)13(12(17)18)5-3-6-13/h10H,3-9H2,1-2H3,(H,17,18). The van der Waals surface area contributed by atoms with Gasteiger partial charge in [0, 0.05) is 19.1 Å². The Morgan fingerprint density at radius 3 is 2.39 bits per heavy atom. The number of hydrogen-bond acceptors (Lipinski definition) is 3. The number of carboxylic acids is 1. The number of hydrogen-bond donors (Lipinski definition) is 1. The zero-order chi connectivity index (χ0) is 13.3. The molecular weight excluding hydrogens is 232 g/mol. The van der Waals surface area contributed by atoms with E-state index in [1.165, 1.54) is 0 Å². The molecule has 0 bridgehead atoms. The number of carbonyl (C=O) groups is 2. The van der Waals surface area contributed by atoms with Crippen LogP contribution >= 0.6 is 0 Å². The number of carbonyl (C=O) groups excluding carboxylic acids is 1. The first-order valence-electron chi connectivity index (χ1n) is 6.70. The fourth-order valence-corrected chi connectivity index (χ4v) is 3.00. The molecule has 18 heavy (non-hydrogen) atoms. The molecule has 1 aliphatic heterocycles. The summed E-state index contributed by atoms with van der Waals surface area (Å²) in [6.07, 6.45) is 2.77. The molecule has 0 spiro atoms. The highest BCUT2D eigenvalue weighted by Crippen LogP contribution is 2.43. The lowest BCUT2D eigenvalue weighted by atomic mass is 9.67. The summed E-state index contributed by atoms with van der Waals surface area (Å²) in [5, 5.41) is 9.34. The minimum Gasteiger partial charge on any atom is -0.480 e. The summed E-state index contributed by atoms with van der Waals surface area (Å²) < 4.78 is 0. The van der Waals surface area contributed by atoms with Crippen molar-refractivity contribution in [1.29, 1.82) is 0 Å². The van der Waals surface area contributed by atoms with Crippen LogP contribution in [0, 0.1) is 5.41 Å². The largest absolute Gasteiger partial charge is 0.480 e. The molecule has 2 aliphatic rings. The highest BCUT2D eigenvalue weighted by Gasteiger charge is 2.53. The van der Waals surface area contributed by atoms with Crippen molar-refractivity contribution in [1.82, 2.24) is 9.80 Å². The number of nitrogens with zero attached hydrogens (tertiary/aromatic N) is 2. The van der Waals surface area contributed by atoms with Crippen molar-refractivity contribution in [2.75, 3.05) is 26.7 Å². The molecule has 1 atom stereocenters. The zero-order valence-electron chi connectivity index (χ0n) is 11.2. The third-order valence-electron chi connectivity index (χ3n) is 4.33. The van der Waals surface area contributed by atoms with Crippen molar-refractivity contribution < 1.29 is 14.7 Å². The number of aliphatic carboxylic acids is 1. The van der Waals surface area contributed by atoms with E-state index in [9.17, 15) is 14.7 Å². The fourth-order valence-electron chi connectivity index (χ4n) is 3.00. The molecule has 1 amide bonds. The zero-order valence-corrected chi connectivity index (χ0v) is 11.2. The molecule has 1 N–H and O–H groups in total. The van der Waals surface area contributed by atoms with Crippen LogP contribution in [0.2, 0.25) is 0 Å². The molecule has 1 unspecified atom stereocenters. The van der Waals surface area contributed by atoms with Gasteiger partial charge in [-0.3, -0.25) is 9.59 Å². The van der Waals surface area contributed by atoms with Crippen LogP contribution in [-0.2, 0) is 9.59 Å². The summed E-state index contributed by atoms with van der Waals surface area (Å²) in [4.78, 5) is 27.9. The molecule has 1 saturated heterocycles. The van der Waals surface area contributed by atoms with Gasteiger partial charge in [0.05, 0.1) is 0 Å². The van der Waals surface area contributed by atoms with Crippen molar-refractivity contribution >= 4 is 11.9 Å². The Bertz CT molecular complexity index is 352. The monoisotopic (exact) mass is 254 g/mol. The molecule has 5 heteroatoms. The Kier molecular flexibility index (Phi) is 3.61. The van der Waals surface area contributed by atoms with Gasteiger partial charge in [-0.05, 0) is 39.8 Å². The summed E-state index contributed by atoms with van der Waals surface area (Å²) in [5.74, 6) is -1.10. The molecule has 1 aliphatic carbocycles. The van der Waals surface area contributed by atoms with Crippen LogP contribution in [0.1, 0.15) is 32.6 Å². The summed E-state index contributed by atoms with van der Waals surface area (Å²) in [7, 11) is 2.04. The van der Waals surface area contributed by atoms with E-state index in [1.807, 2.05) is 14.0 Å². The molecule has 2 rings (SSSR count). The average molecular weight is 254 g/mol. The second-order valence-corrected chi connectivity index (χ2v) is 5.70. The fraction of sp³-hybridized carbons (Fsp3) is 0.846. The minimum atomic E-state index is -1.11. The second-order valence-electron chi connectivity index (χ2n) is 5.70. The maximum Gasteiger partial charge on any atom is 0.319 e. The van der Waals surface area contributed by atoms with E-state index in [1.54, 1.807) is 4.90 Å². The molecule has 5 nitrogen and oxygen atoms in total. The number of rotatable bonds is 2. The van der Waals surface area contributed by atoms with Crippen LogP contribution in [0.25, 0.3) is 0 Å². The Morgan fingerprint density at radius 1 is 1.22 bits per heavy atom. The molecular formula is C13H22N2O3. The Morgan fingerprint density at radius 2 is 1.89 bits per heavy atom. The first-order chi connectivity index (χ1) is 8.47. The molecule has 0 radical (unpaired) electrons. The van der Waals surface area contributed by atoms with E-state index in [2.05, 4.69) is 4.90 Å². The summed E-state index contributed by atoms with van der Waals surface area (Å²) in [6, 6.07) is 0.0989. The van der Waals surface area contributed by atoms with Crippen molar-refractivity contribution in [3.8, 4) is 0 Å². The summed E-state index contributed by atoms with van der Waals surface area (Å²) in [5.41, 5.74) is -1.11. The normalized spacial score (nSPS) is 28.3. The third kappa shape index (κ3) is 2.11. The summed E-state index contributed by atoms with van der Waals surface area (Å²) in [6.45, 7) is 4.48. The maximum atomic E-state index is 12.5. The van der Waals surface area contributed by atoms with E-state index in [4.69, 9.17) is 0 Å². The first kappa shape index (κ1) is 13.3. The average Bonchev–Trinajstić information content (AvgIpc) is 2.36. The van der Waals surface area contributed by atoms with E-state index in [0.717, 1.165) is 25.9 Å². The van der Waals surface area contributed by atoms with Crippen LogP contribution in [0.5, 0.6) is 0 Å². The van der Waals surface area contributed by atoms with E-state index < -0.39 is 11.4 Å². The van der Waals surface area contributed by atoms with Gasteiger partial charge in [-0.2, -0.15) is 0 Å². The molecule has 0 aromatic rings. The van der Waals surface area contributed by atoms with Crippen LogP contribution in [0.15, 0.2) is 0 Å². The SMILES string of the molecule is CC1CN(C)CCCN1C(=O)C1(C(=O)O)CCC1. The van der Waals surface area contributed by atoms with Crippen molar-refractivity contribution in [2.45, 2.75) is 38.6 Å². The molecule has 1 heterocycles. The first-order valence-corrected chi connectivity index (χ1v) is 6.70. The van der Waals surface area contributed by atoms with E-state index in [-0.39, 0.29) is 11.9 Å². The van der Waals surface area contributed by atoms with Gasteiger partial charge in [0.2, 0.25) is 5.91 Å². The molecule has 0 aromatic carbocycles. The molecule has 102 valence electrons. The molecule has 2 fully saturated rings. The van der Waals surface area contributed by atoms with Crippen LogP contribution < -0.4 is 0 Å². The lowest BCUT2D eigenvalue weighted by molar-refractivity contribution is -0.168. The molecule has 0 aromatic heterocycles. The number of carboxylic acid groups (broad SMARTS) is 1. The summed E-state index contributed by atoms with van der Waals surface area (Å²) >= 11 is 0. The smallest absolute Gasteiger partial charge is 0.319 e. The van der Waals surface area contributed by atoms with Crippen LogP contribution in [0.3, 0.4) is 0 Å². The Hall–Kier alpha value is -1.10. The van der Waals surface area contributed by atoms with E-state index >= 15 is 0 Å².